The molecule has 0 aromatic heterocycles. The molecule has 6 nitrogen and oxygen atoms in total. The summed E-state index contributed by atoms with van der Waals surface area (Å²) in [6.07, 6.45) is 0. The Labute approximate surface area is 76.8 Å². The van der Waals surface area contributed by atoms with Gasteiger partial charge in [-0.1, -0.05) is 0 Å². The smallest absolute Gasteiger partial charge is 0.297 e. The van der Waals surface area contributed by atoms with Crippen LogP contribution in [0.4, 0.5) is 0 Å². The molecule has 0 heterocycles. The fourth-order valence-corrected chi connectivity index (χ4v) is 1.07. The van der Waals surface area contributed by atoms with Gasteiger partial charge in [-0.15, -0.1) is 0 Å². The molecule has 0 unspecified atom stereocenters. The Morgan fingerprint density at radius 1 is 0.769 bits per heavy atom. The molecular formula is C6H6N3O3P. The molecule has 0 rings (SSSR count). The topological polar surface area (TPSA) is 99.1 Å². The fourth-order valence-electron chi connectivity index (χ4n) is 0.357. The maximum Gasteiger partial charge on any atom is 0.335 e. The van der Waals surface area contributed by atoms with Crippen LogP contribution in [0.2, 0.25) is 0 Å². The van der Waals surface area contributed by atoms with Gasteiger partial charge in [-0.2, -0.15) is 15.8 Å². The van der Waals surface area contributed by atoms with E-state index in [0.29, 0.717) is 0 Å². The van der Waals surface area contributed by atoms with Gasteiger partial charge in [0.1, 0.15) is 19.8 Å². The third kappa shape index (κ3) is 7.15. The van der Waals surface area contributed by atoms with Crippen molar-refractivity contribution in [3.05, 3.63) is 0 Å². The Morgan fingerprint density at radius 3 is 1.31 bits per heavy atom. The molecule has 68 valence electrons. The summed E-state index contributed by atoms with van der Waals surface area (Å²) < 4.78 is 14.3. The molecule has 0 aromatic carbocycles. The largest absolute Gasteiger partial charge is 0.335 e. The number of hydrogen-bond acceptors (Lipinski definition) is 6. The van der Waals surface area contributed by atoms with Crippen LogP contribution in [0, 0.1) is 34.0 Å². The van der Waals surface area contributed by atoms with Crippen LogP contribution in [0.5, 0.6) is 0 Å². The van der Waals surface area contributed by atoms with Gasteiger partial charge in [-0.25, -0.2) is 0 Å². The monoisotopic (exact) mass is 199 g/mol. The van der Waals surface area contributed by atoms with E-state index in [1.807, 2.05) is 0 Å². The minimum Gasteiger partial charge on any atom is -0.297 e. The zero-order valence-electron chi connectivity index (χ0n) is 6.63. The molecule has 0 aliphatic rings. The van der Waals surface area contributed by atoms with Crippen LogP contribution in [0.1, 0.15) is 0 Å². The molecule has 7 heteroatoms. The van der Waals surface area contributed by atoms with Crippen LogP contribution < -0.4 is 0 Å². The van der Waals surface area contributed by atoms with E-state index < -0.39 is 8.60 Å². The molecule has 0 fully saturated rings. The summed E-state index contributed by atoms with van der Waals surface area (Å²) in [5.41, 5.74) is 0. The first-order chi connectivity index (χ1) is 6.35. The van der Waals surface area contributed by atoms with Crippen molar-refractivity contribution < 1.29 is 13.6 Å². The summed E-state index contributed by atoms with van der Waals surface area (Å²) in [5.74, 6) is 0. The SMILES string of the molecule is N#CCOP(OCC#N)OCC#N. The van der Waals surface area contributed by atoms with E-state index in [1.54, 1.807) is 18.2 Å². The van der Waals surface area contributed by atoms with Gasteiger partial charge in [-0.05, 0) is 0 Å². The van der Waals surface area contributed by atoms with E-state index >= 15 is 0 Å². The van der Waals surface area contributed by atoms with Crippen LogP contribution in [-0.2, 0) is 13.6 Å². The summed E-state index contributed by atoms with van der Waals surface area (Å²) in [6.45, 7) is -0.576. The molecule has 0 spiro atoms. The minimum absolute atomic E-state index is 0.192. The zero-order valence-corrected chi connectivity index (χ0v) is 7.53. The molecule has 13 heavy (non-hydrogen) atoms. The highest BCUT2D eigenvalue weighted by Crippen LogP contribution is 2.38. The van der Waals surface area contributed by atoms with E-state index in [2.05, 4.69) is 0 Å². The van der Waals surface area contributed by atoms with Crippen molar-refractivity contribution >= 4 is 8.60 Å². The van der Waals surface area contributed by atoms with E-state index in [4.69, 9.17) is 29.4 Å². The lowest BCUT2D eigenvalue weighted by Crippen LogP contribution is -1.96. The van der Waals surface area contributed by atoms with Crippen molar-refractivity contribution in [3.8, 4) is 18.2 Å². The number of hydrogen-bond donors (Lipinski definition) is 0. The molecule has 0 aromatic rings. The van der Waals surface area contributed by atoms with Gasteiger partial charge in [0.25, 0.3) is 0 Å². The number of nitriles is 3. The third-order valence-electron chi connectivity index (χ3n) is 0.704. The summed E-state index contributed by atoms with van der Waals surface area (Å²) in [6, 6.07) is 5.16. The first-order valence-electron chi connectivity index (χ1n) is 3.15. The van der Waals surface area contributed by atoms with Crippen molar-refractivity contribution in [2.45, 2.75) is 0 Å². The molecule has 0 saturated heterocycles. The van der Waals surface area contributed by atoms with Crippen LogP contribution in [0.25, 0.3) is 0 Å². The molecule has 0 saturated carbocycles. The van der Waals surface area contributed by atoms with Gasteiger partial charge in [0.05, 0.1) is 18.2 Å². The summed E-state index contributed by atoms with van der Waals surface area (Å²) in [4.78, 5) is 0. The second kappa shape index (κ2) is 8.87. The van der Waals surface area contributed by atoms with Crippen molar-refractivity contribution in [3.63, 3.8) is 0 Å². The highest BCUT2D eigenvalue weighted by atomic mass is 31.2. The highest BCUT2D eigenvalue weighted by molar-refractivity contribution is 7.41. The predicted molar refractivity (Wildman–Crippen MR) is 41.6 cm³/mol. The Hall–Kier alpha value is -1.22. The quantitative estimate of drug-likeness (QED) is 0.587. The molecule has 0 radical (unpaired) electrons. The van der Waals surface area contributed by atoms with Crippen LogP contribution in [0.3, 0.4) is 0 Å². The van der Waals surface area contributed by atoms with Gasteiger partial charge in [0, 0.05) is 0 Å². The first-order valence-corrected chi connectivity index (χ1v) is 4.24. The standard InChI is InChI=1S/C6H6N3O3P/c7-1-4-10-13(11-5-2-8)12-6-3-9/h4-6H2. The van der Waals surface area contributed by atoms with Gasteiger partial charge in [0.15, 0.2) is 0 Å². The predicted octanol–water partition coefficient (Wildman–Crippen LogP) is 0.834. The average molecular weight is 199 g/mol. The van der Waals surface area contributed by atoms with E-state index in [9.17, 15) is 0 Å². The van der Waals surface area contributed by atoms with Gasteiger partial charge in [0.2, 0.25) is 0 Å². The second-order valence-electron chi connectivity index (χ2n) is 1.52. The van der Waals surface area contributed by atoms with Gasteiger partial charge in [-0.3, -0.25) is 13.6 Å². The van der Waals surface area contributed by atoms with Crippen LogP contribution in [0.15, 0.2) is 0 Å². The molecule has 0 aliphatic heterocycles. The van der Waals surface area contributed by atoms with E-state index in [1.165, 1.54) is 0 Å². The molecule has 0 bridgehead atoms. The maximum absolute atomic E-state index is 8.16. The molecule has 0 aliphatic carbocycles. The average Bonchev–Trinajstić information content (AvgIpc) is 2.17. The lowest BCUT2D eigenvalue weighted by molar-refractivity contribution is 0.199. The Kier molecular flexibility index (Phi) is 8.04. The summed E-state index contributed by atoms with van der Waals surface area (Å²) >= 11 is 0. The van der Waals surface area contributed by atoms with Gasteiger partial charge >= 0.3 is 8.60 Å². The Balaban J connectivity index is 3.70. The van der Waals surface area contributed by atoms with Crippen LogP contribution in [-0.4, -0.2) is 19.8 Å². The van der Waals surface area contributed by atoms with Crippen LogP contribution >= 0.6 is 8.60 Å². The summed E-state index contributed by atoms with van der Waals surface area (Å²) in [7, 11) is -1.75. The van der Waals surface area contributed by atoms with Crippen molar-refractivity contribution in [1.82, 2.24) is 0 Å². The van der Waals surface area contributed by atoms with Crippen molar-refractivity contribution in [2.24, 2.45) is 0 Å². The minimum atomic E-state index is -1.75. The van der Waals surface area contributed by atoms with E-state index in [-0.39, 0.29) is 19.8 Å². The molecule has 0 amide bonds. The number of rotatable bonds is 6. The fraction of sp³-hybridized carbons (Fsp3) is 0.500. The first kappa shape index (κ1) is 11.8. The lowest BCUT2D eigenvalue weighted by atomic mass is 10.9. The lowest BCUT2D eigenvalue weighted by Gasteiger charge is -2.10. The Morgan fingerprint density at radius 2 is 1.08 bits per heavy atom. The number of nitrogens with zero attached hydrogens (tertiary/aromatic N) is 3. The second-order valence-corrected chi connectivity index (χ2v) is 2.74. The molecular weight excluding hydrogens is 193 g/mol. The molecule has 0 atom stereocenters. The Bertz CT molecular complexity index is 209. The zero-order chi connectivity index (χ0) is 9.94. The normalized spacial score (nSPS) is 8.77. The maximum atomic E-state index is 8.16. The highest BCUT2D eigenvalue weighted by Gasteiger charge is 2.11. The third-order valence-corrected chi connectivity index (χ3v) is 1.72. The van der Waals surface area contributed by atoms with E-state index in [0.717, 1.165) is 0 Å². The molecule has 0 N–H and O–H groups in total. The van der Waals surface area contributed by atoms with Crippen molar-refractivity contribution in [2.75, 3.05) is 19.8 Å². The van der Waals surface area contributed by atoms with Gasteiger partial charge < -0.3 is 0 Å². The van der Waals surface area contributed by atoms with Crippen molar-refractivity contribution in [1.29, 1.82) is 15.8 Å². The summed E-state index contributed by atoms with van der Waals surface area (Å²) in [5, 5.41) is 24.5.